The molecule has 0 atom stereocenters. The lowest BCUT2D eigenvalue weighted by Crippen LogP contribution is -2.43. The molecule has 0 spiro atoms. The molecule has 0 aliphatic carbocycles. The van der Waals surface area contributed by atoms with Crippen molar-refractivity contribution in [1.82, 2.24) is 10.6 Å². The minimum absolute atomic E-state index is 0. The van der Waals surface area contributed by atoms with Crippen LogP contribution in [0, 0.1) is 0 Å². The molecular formula is C17H20Cl2N2OS. The van der Waals surface area contributed by atoms with Crippen molar-refractivity contribution in [2.45, 2.75) is 23.8 Å². The zero-order valence-corrected chi connectivity index (χ0v) is 15.1. The lowest BCUT2D eigenvalue weighted by molar-refractivity contribution is -0.119. The molecule has 1 aliphatic heterocycles. The van der Waals surface area contributed by atoms with Crippen molar-refractivity contribution in [1.29, 1.82) is 0 Å². The van der Waals surface area contributed by atoms with E-state index < -0.39 is 0 Å². The third-order valence-electron chi connectivity index (χ3n) is 3.88. The van der Waals surface area contributed by atoms with E-state index in [-0.39, 0.29) is 18.3 Å². The highest BCUT2D eigenvalue weighted by Gasteiger charge is 2.15. The van der Waals surface area contributed by atoms with E-state index in [1.807, 2.05) is 36.4 Å². The molecule has 2 N–H and O–H groups in total. The van der Waals surface area contributed by atoms with Gasteiger partial charge in [0.2, 0.25) is 5.91 Å². The van der Waals surface area contributed by atoms with Crippen LogP contribution >= 0.6 is 35.8 Å². The van der Waals surface area contributed by atoms with E-state index in [2.05, 4.69) is 10.6 Å². The predicted octanol–water partition coefficient (Wildman–Crippen LogP) is 3.88. The van der Waals surface area contributed by atoms with Crippen molar-refractivity contribution in [3.8, 4) is 0 Å². The average molecular weight is 371 g/mol. The minimum atomic E-state index is 0. The van der Waals surface area contributed by atoms with Crippen LogP contribution in [-0.2, 0) is 4.79 Å². The molecule has 0 saturated carbocycles. The third-order valence-corrected chi connectivity index (χ3v) is 5.25. The summed E-state index contributed by atoms with van der Waals surface area (Å²) < 4.78 is 0. The molecular weight excluding hydrogens is 351 g/mol. The van der Waals surface area contributed by atoms with E-state index in [4.69, 9.17) is 11.6 Å². The van der Waals surface area contributed by atoms with Crippen LogP contribution in [0.25, 0.3) is 10.8 Å². The van der Waals surface area contributed by atoms with Crippen LogP contribution in [0.15, 0.2) is 41.3 Å². The summed E-state index contributed by atoms with van der Waals surface area (Å²) in [7, 11) is 0. The van der Waals surface area contributed by atoms with Crippen molar-refractivity contribution in [2.24, 2.45) is 0 Å². The zero-order valence-electron chi connectivity index (χ0n) is 12.7. The molecule has 2 aromatic carbocycles. The molecule has 0 unspecified atom stereocenters. The molecule has 0 bridgehead atoms. The summed E-state index contributed by atoms with van der Waals surface area (Å²) in [6.07, 6.45) is 2.02. The van der Waals surface area contributed by atoms with E-state index in [9.17, 15) is 4.79 Å². The van der Waals surface area contributed by atoms with Gasteiger partial charge >= 0.3 is 0 Å². The number of nitrogens with one attached hydrogen (secondary N) is 2. The van der Waals surface area contributed by atoms with Gasteiger partial charge in [-0.05, 0) is 43.5 Å². The fourth-order valence-electron chi connectivity index (χ4n) is 2.76. The number of carbonyl (C=O) groups excluding carboxylic acids is 1. The molecule has 23 heavy (non-hydrogen) atoms. The Labute approximate surface area is 152 Å². The topological polar surface area (TPSA) is 41.1 Å². The summed E-state index contributed by atoms with van der Waals surface area (Å²) in [4.78, 5) is 13.2. The Morgan fingerprint density at radius 1 is 1.22 bits per heavy atom. The zero-order chi connectivity index (χ0) is 15.4. The Bertz CT molecular complexity index is 669. The molecule has 0 aromatic heterocycles. The van der Waals surface area contributed by atoms with E-state index in [0.717, 1.165) is 46.6 Å². The Kier molecular flexibility index (Phi) is 7.03. The van der Waals surface area contributed by atoms with Crippen molar-refractivity contribution in [3.63, 3.8) is 0 Å². The number of hydrogen-bond donors (Lipinski definition) is 2. The highest BCUT2D eigenvalue weighted by molar-refractivity contribution is 8.00. The van der Waals surface area contributed by atoms with Crippen molar-refractivity contribution < 1.29 is 4.79 Å². The maximum Gasteiger partial charge on any atom is 0.230 e. The van der Waals surface area contributed by atoms with Crippen molar-refractivity contribution in [2.75, 3.05) is 18.8 Å². The van der Waals surface area contributed by atoms with Gasteiger partial charge in [-0.3, -0.25) is 4.79 Å². The molecule has 1 amide bonds. The molecule has 0 radical (unpaired) electrons. The summed E-state index contributed by atoms with van der Waals surface area (Å²) in [6.45, 7) is 1.97. The second kappa shape index (κ2) is 8.78. The number of benzene rings is 2. The van der Waals surface area contributed by atoms with Crippen LogP contribution in [0.5, 0.6) is 0 Å². The first-order valence-electron chi connectivity index (χ1n) is 7.54. The normalized spacial score (nSPS) is 15.2. The third kappa shape index (κ3) is 4.77. The first-order chi connectivity index (χ1) is 10.7. The van der Waals surface area contributed by atoms with Crippen LogP contribution < -0.4 is 10.6 Å². The number of halogens is 2. The highest BCUT2D eigenvalue weighted by atomic mass is 35.5. The summed E-state index contributed by atoms with van der Waals surface area (Å²) >= 11 is 7.86. The molecule has 124 valence electrons. The van der Waals surface area contributed by atoms with E-state index in [1.54, 1.807) is 11.8 Å². The summed E-state index contributed by atoms with van der Waals surface area (Å²) in [5, 5.41) is 9.30. The molecule has 2 aromatic rings. The van der Waals surface area contributed by atoms with Gasteiger partial charge in [0.05, 0.1) is 5.75 Å². The molecule has 1 fully saturated rings. The van der Waals surface area contributed by atoms with Gasteiger partial charge in [0.15, 0.2) is 0 Å². The molecule has 1 saturated heterocycles. The van der Waals surface area contributed by atoms with Crippen LogP contribution in [-0.4, -0.2) is 30.8 Å². The highest BCUT2D eigenvalue weighted by Crippen LogP contribution is 2.33. The Hall–Kier alpha value is -0.940. The van der Waals surface area contributed by atoms with E-state index in [0.29, 0.717) is 11.8 Å². The fourth-order valence-corrected chi connectivity index (χ4v) is 4.02. The van der Waals surface area contributed by atoms with Gasteiger partial charge in [-0.15, -0.1) is 24.2 Å². The number of rotatable bonds is 4. The second-order valence-electron chi connectivity index (χ2n) is 5.47. The number of hydrogen-bond acceptors (Lipinski definition) is 3. The van der Waals surface area contributed by atoms with Gasteiger partial charge in [0.25, 0.3) is 0 Å². The standard InChI is InChI=1S/C17H19ClN2OS.ClH/c18-14-5-1-3-12-4-2-6-15(17(12)14)22-11-16(21)20-13-7-9-19-10-8-13;/h1-6,13,19H,7-11H2,(H,20,21);1H. The molecule has 6 heteroatoms. The smallest absolute Gasteiger partial charge is 0.230 e. The van der Waals surface area contributed by atoms with E-state index in [1.165, 1.54) is 0 Å². The van der Waals surface area contributed by atoms with Gasteiger partial charge in [-0.1, -0.05) is 35.9 Å². The van der Waals surface area contributed by atoms with Gasteiger partial charge < -0.3 is 10.6 Å². The van der Waals surface area contributed by atoms with Gasteiger partial charge in [0, 0.05) is 21.3 Å². The monoisotopic (exact) mass is 370 g/mol. The number of thioether (sulfide) groups is 1. The lowest BCUT2D eigenvalue weighted by atomic mass is 10.1. The number of carbonyl (C=O) groups is 1. The summed E-state index contributed by atoms with van der Waals surface area (Å²) in [6, 6.07) is 12.3. The fraction of sp³-hybridized carbons (Fsp3) is 0.353. The van der Waals surface area contributed by atoms with Crippen molar-refractivity contribution >= 4 is 52.4 Å². The van der Waals surface area contributed by atoms with Crippen LogP contribution in [0.4, 0.5) is 0 Å². The average Bonchev–Trinajstić information content (AvgIpc) is 2.54. The quantitative estimate of drug-likeness (QED) is 0.802. The SMILES string of the molecule is Cl.O=C(CSc1cccc2cccc(Cl)c12)NC1CCNCC1. The van der Waals surface area contributed by atoms with Crippen LogP contribution in [0.2, 0.25) is 5.02 Å². The number of fused-ring (bicyclic) bond motifs is 1. The van der Waals surface area contributed by atoms with Crippen LogP contribution in [0.1, 0.15) is 12.8 Å². The second-order valence-corrected chi connectivity index (χ2v) is 6.90. The minimum Gasteiger partial charge on any atom is -0.353 e. The maximum absolute atomic E-state index is 12.1. The molecule has 1 aliphatic rings. The summed E-state index contributed by atoms with van der Waals surface area (Å²) in [5.74, 6) is 0.523. The van der Waals surface area contributed by atoms with E-state index >= 15 is 0 Å². The predicted molar refractivity (Wildman–Crippen MR) is 101 cm³/mol. The number of amides is 1. The Morgan fingerprint density at radius 2 is 1.91 bits per heavy atom. The van der Waals surface area contributed by atoms with Gasteiger partial charge in [0.1, 0.15) is 0 Å². The Morgan fingerprint density at radius 3 is 2.65 bits per heavy atom. The lowest BCUT2D eigenvalue weighted by Gasteiger charge is -2.23. The molecule has 3 nitrogen and oxygen atoms in total. The van der Waals surface area contributed by atoms with Crippen molar-refractivity contribution in [3.05, 3.63) is 41.4 Å². The Balaban J connectivity index is 0.00000192. The van der Waals surface area contributed by atoms with Gasteiger partial charge in [-0.2, -0.15) is 0 Å². The first kappa shape index (κ1) is 18.4. The molecule has 1 heterocycles. The maximum atomic E-state index is 12.1. The van der Waals surface area contributed by atoms with Crippen LogP contribution in [0.3, 0.4) is 0 Å². The summed E-state index contributed by atoms with van der Waals surface area (Å²) in [5.41, 5.74) is 0. The number of piperidine rings is 1. The largest absolute Gasteiger partial charge is 0.353 e. The first-order valence-corrected chi connectivity index (χ1v) is 8.90. The van der Waals surface area contributed by atoms with Gasteiger partial charge in [-0.25, -0.2) is 0 Å². The molecule has 3 rings (SSSR count).